The predicted molar refractivity (Wildman–Crippen MR) is 85.1 cm³/mol. The van der Waals surface area contributed by atoms with Crippen molar-refractivity contribution in [2.24, 2.45) is 0 Å². The van der Waals surface area contributed by atoms with Crippen LogP contribution < -0.4 is 0 Å². The number of rotatable bonds is 5. The Morgan fingerprint density at radius 2 is 2.17 bits per heavy atom. The predicted octanol–water partition coefficient (Wildman–Crippen LogP) is 2.12. The fourth-order valence-electron chi connectivity index (χ4n) is 3.25. The topological polar surface area (TPSA) is 74.9 Å². The second-order valence-corrected chi connectivity index (χ2v) is 6.04. The molecule has 2 aromatic heterocycles. The van der Waals surface area contributed by atoms with Gasteiger partial charge in [0.25, 0.3) is 0 Å². The van der Waals surface area contributed by atoms with Crippen LogP contribution in [0.2, 0.25) is 0 Å². The van der Waals surface area contributed by atoms with Gasteiger partial charge in [-0.1, -0.05) is 6.07 Å². The molecule has 1 N–H and O–H groups in total. The molecule has 0 saturated carbocycles. The number of pyridine rings is 1. The van der Waals surface area contributed by atoms with E-state index in [2.05, 4.69) is 4.98 Å². The standard InChI is InChI=1S/C17H21N3O3/c21-16(11-13-12-19-9-3-2-6-15(19)18-13)20-10-4-1-5-14(20)7-8-17(22)23/h2-3,6,9,12,14H,1,4-5,7-8,10-11H2,(H,22,23). The summed E-state index contributed by atoms with van der Waals surface area (Å²) in [5, 5.41) is 8.87. The summed E-state index contributed by atoms with van der Waals surface area (Å²) in [6, 6.07) is 5.79. The molecule has 1 saturated heterocycles. The number of carboxylic acid groups (broad SMARTS) is 1. The highest BCUT2D eigenvalue weighted by molar-refractivity contribution is 5.79. The van der Waals surface area contributed by atoms with Gasteiger partial charge in [0, 0.05) is 31.4 Å². The van der Waals surface area contributed by atoms with Crippen LogP contribution in [0.25, 0.3) is 5.65 Å². The van der Waals surface area contributed by atoms with E-state index in [4.69, 9.17) is 5.11 Å². The second kappa shape index (κ2) is 6.81. The highest BCUT2D eigenvalue weighted by Crippen LogP contribution is 2.22. The number of carbonyl (C=O) groups is 2. The summed E-state index contributed by atoms with van der Waals surface area (Å²) in [7, 11) is 0. The maximum Gasteiger partial charge on any atom is 0.303 e. The summed E-state index contributed by atoms with van der Waals surface area (Å²) in [4.78, 5) is 29.7. The third kappa shape index (κ3) is 3.70. The first-order chi connectivity index (χ1) is 11.1. The number of imidazole rings is 1. The number of amides is 1. The van der Waals surface area contributed by atoms with Crippen molar-refractivity contribution in [3.8, 4) is 0 Å². The average molecular weight is 315 g/mol. The third-order valence-electron chi connectivity index (χ3n) is 4.39. The summed E-state index contributed by atoms with van der Waals surface area (Å²) >= 11 is 0. The van der Waals surface area contributed by atoms with E-state index in [1.807, 2.05) is 39.9 Å². The number of nitrogens with zero attached hydrogens (tertiary/aromatic N) is 3. The average Bonchev–Trinajstić information content (AvgIpc) is 2.95. The molecule has 0 radical (unpaired) electrons. The highest BCUT2D eigenvalue weighted by Gasteiger charge is 2.27. The number of aliphatic carboxylic acids is 1. The van der Waals surface area contributed by atoms with Crippen molar-refractivity contribution >= 4 is 17.5 Å². The van der Waals surface area contributed by atoms with Crippen LogP contribution in [-0.4, -0.2) is 43.9 Å². The molecule has 3 rings (SSSR count). The van der Waals surface area contributed by atoms with Crippen molar-refractivity contribution in [1.29, 1.82) is 0 Å². The van der Waals surface area contributed by atoms with Gasteiger partial charge in [-0.25, -0.2) is 4.98 Å². The van der Waals surface area contributed by atoms with E-state index < -0.39 is 5.97 Å². The van der Waals surface area contributed by atoms with Gasteiger partial charge in [0.15, 0.2) is 0 Å². The first kappa shape index (κ1) is 15.5. The third-order valence-corrected chi connectivity index (χ3v) is 4.39. The zero-order chi connectivity index (χ0) is 16.2. The molecule has 1 aliphatic rings. The van der Waals surface area contributed by atoms with Gasteiger partial charge in [-0.2, -0.15) is 0 Å². The molecule has 1 amide bonds. The number of fused-ring (bicyclic) bond motifs is 1. The molecule has 0 aromatic carbocycles. The number of aromatic nitrogens is 2. The van der Waals surface area contributed by atoms with Crippen molar-refractivity contribution in [1.82, 2.24) is 14.3 Å². The second-order valence-electron chi connectivity index (χ2n) is 6.04. The summed E-state index contributed by atoms with van der Waals surface area (Å²) in [5.41, 5.74) is 1.58. The van der Waals surface area contributed by atoms with Crippen LogP contribution >= 0.6 is 0 Å². The van der Waals surface area contributed by atoms with Gasteiger partial charge in [-0.15, -0.1) is 0 Å². The fourth-order valence-corrected chi connectivity index (χ4v) is 3.25. The van der Waals surface area contributed by atoms with Crippen molar-refractivity contribution in [2.75, 3.05) is 6.54 Å². The lowest BCUT2D eigenvalue weighted by Gasteiger charge is -2.35. The number of carboxylic acids is 1. The Bertz CT molecular complexity index is 677. The summed E-state index contributed by atoms with van der Waals surface area (Å²) in [6.45, 7) is 0.719. The molecule has 1 aliphatic heterocycles. The van der Waals surface area contributed by atoms with Crippen molar-refractivity contribution in [3.05, 3.63) is 36.3 Å². The molecular weight excluding hydrogens is 294 g/mol. The minimum Gasteiger partial charge on any atom is -0.481 e. The van der Waals surface area contributed by atoms with Gasteiger partial charge >= 0.3 is 5.97 Å². The lowest BCUT2D eigenvalue weighted by atomic mass is 9.97. The molecule has 1 fully saturated rings. The van der Waals surface area contributed by atoms with E-state index in [0.717, 1.165) is 37.1 Å². The lowest BCUT2D eigenvalue weighted by Crippen LogP contribution is -2.44. The summed E-state index contributed by atoms with van der Waals surface area (Å²) in [5.74, 6) is -0.758. The Hall–Kier alpha value is -2.37. The molecule has 0 bridgehead atoms. The molecular formula is C17H21N3O3. The zero-order valence-corrected chi connectivity index (χ0v) is 13.0. The fraction of sp³-hybridized carbons (Fsp3) is 0.471. The number of piperidine rings is 1. The maximum atomic E-state index is 12.6. The SMILES string of the molecule is O=C(O)CCC1CCCCN1C(=O)Cc1cn2ccccc2n1. The van der Waals surface area contributed by atoms with E-state index in [-0.39, 0.29) is 24.8 Å². The van der Waals surface area contributed by atoms with E-state index in [1.54, 1.807) is 0 Å². The van der Waals surface area contributed by atoms with Gasteiger partial charge in [0.2, 0.25) is 5.91 Å². The van der Waals surface area contributed by atoms with Crippen LogP contribution in [0.1, 0.15) is 37.8 Å². The Labute approximate surface area is 134 Å². The van der Waals surface area contributed by atoms with Crippen molar-refractivity contribution in [3.63, 3.8) is 0 Å². The van der Waals surface area contributed by atoms with Gasteiger partial charge in [-0.3, -0.25) is 9.59 Å². The van der Waals surface area contributed by atoms with Crippen molar-refractivity contribution in [2.45, 2.75) is 44.6 Å². The molecule has 0 spiro atoms. The van der Waals surface area contributed by atoms with E-state index in [0.29, 0.717) is 6.42 Å². The molecule has 1 unspecified atom stereocenters. The van der Waals surface area contributed by atoms with Crippen LogP contribution in [0.3, 0.4) is 0 Å². The van der Waals surface area contributed by atoms with E-state index in [9.17, 15) is 9.59 Å². The minimum absolute atomic E-state index is 0.0449. The lowest BCUT2D eigenvalue weighted by molar-refractivity contribution is -0.139. The quantitative estimate of drug-likeness (QED) is 0.917. The van der Waals surface area contributed by atoms with Crippen molar-refractivity contribution < 1.29 is 14.7 Å². The monoisotopic (exact) mass is 315 g/mol. The Morgan fingerprint density at radius 3 is 2.96 bits per heavy atom. The number of hydrogen-bond acceptors (Lipinski definition) is 3. The number of carbonyl (C=O) groups excluding carboxylic acids is 1. The van der Waals surface area contributed by atoms with Crippen LogP contribution in [0.5, 0.6) is 0 Å². The summed E-state index contributed by atoms with van der Waals surface area (Å²) < 4.78 is 1.90. The molecule has 3 heterocycles. The smallest absolute Gasteiger partial charge is 0.303 e. The number of likely N-dealkylation sites (tertiary alicyclic amines) is 1. The van der Waals surface area contributed by atoms with E-state index in [1.165, 1.54) is 0 Å². The molecule has 1 atom stereocenters. The first-order valence-electron chi connectivity index (χ1n) is 8.07. The maximum absolute atomic E-state index is 12.6. The van der Waals surface area contributed by atoms with Gasteiger partial charge < -0.3 is 14.4 Å². The van der Waals surface area contributed by atoms with Crippen LogP contribution in [0.15, 0.2) is 30.6 Å². The largest absolute Gasteiger partial charge is 0.481 e. The van der Waals surface area contributed by atoms with Crippen LogP contribution in [0.4, 0.5) is 0 Å². The van der Waals surface area contributed by atoms with Gasteiger partial charge in [0.05, 0.1) is 12.1 Å². The van der Waals surface area contributed by atoms with Gasteiger partial charge in [-0.05, 0) is 37.8 Å². The molecule has 0 aliphatic carbocycles. The first-order valence-corrected chi connectivity index (χ1v) is 8.07. The molecule has 6 nitrogen and oxygen atoms in total. The Morgan fingerprint density at radius 1 is 1.30 bits per heavy atom. The highest BCUT2D eigenvalue weighted by atomic mass is 16.4. The number of hydrogen-bond donors (Lipinski definition) is 1. The molecule has 2 aromatic rings. The molecule has 23 heavy (non-hydrogen) atoms. The normalized spacial score (nSPS) is 18.3. The van der Waals surface area contributed by atoms with Crippen LogP contribution in [-0.2, 0) is 16.0 Å². The molecule has 122 valence electrons. The van der Waals surface area contributed by atoms with Crippen LogP contribution in [0, 0.1) is 0 Å². The summed E-state index contributed by atoms with van der Waals surface area (Å²) in [6.07, 6.45) is 7.64. The molecule has 6 heteroatoms. The Balaban J connectivity index is 1.68. The Kier molecular flexibility index (Phi) is 4.60. The minimum atomic E-state index is -0.802. The van der Waals surface area contributed by atoms with E-state index >= 15 is 0 Å². The zero-order valence-electron chi connectivity index (χ0n) is 13.0. The van der Waals surface area contributed by atoms with Gasteiger partial charge in [0.1, 0.15) is 5.65 Å².